The number of nitrogens with one attached hydrogen (secondary N) is 2. The maximum absolute atomic E-state index is 12.3. The van der Waals surface area contributed by atoms with Gasteiger partial charge in [0, 0.05) is 6.54 Å². The Labute approximate surface area is 163 Å². The van der Waals surface area contributed by atoms with Gasteiger partial charge in [-0.15, -0.1) is 11.3 Å². The lowest BCUT2D eigenvalue weighted by molar-refractivity contribution is -0.122. The number of benzene rings is 1. The second-order valence-corrected chi connectivity index (χ2v) is 8.24. The standard InChI is InChI=1S/C18H19BrN4O2S/c1-3-23-13-7-5-4-6-12(13)22-16(23)10-20-17(24)11(2)21-18(25)14-8-9-15(19)26-14/h4-9,11H,3,10H2,1-2H3,(H,20,24)(H,21,25). The summed E-state index contributed by atoms with van der Waals surface area (Å²) in [5.41, 5.74) is 1.95. The van der Waals surface area contributed by atoms with Crippen LogP contribution in [0, 0.1) is 0 Å². The van der Waals surface area contributed by atoms with E-state index in [0.29, 0.717) is 11.4 Å². The molecule has 1 aromatic carbocycles. The highest BCUT2D eigenvalue weighted by atomic mass is 79.9. The predicted molar refractivity (Wildman–Crippen MR) is 106 cm³/mol. The number of nitrogens with zero attached hydrogens (tertiary/aromatic N) is 2. The first-order chi connectivity index (χ1) is 12.5. The molecule has 0 aliphatic heterocycles. The molecule has 0 aliphatic carbocycles. The fraction of sp³-hybridized carbons (Fsp3) is 0.278. The Hall–Kier alpha value is -2.19. The van der Waals surface area contributed by atoms with E-state index in [0.717, 1.165) is 27.2 Å². The molecule has 0 spiro atoms. The van der Waals surface area contributed by atoms with Crippen molar-refractivity contribution in [2.24, 2.45) is 0 Å². The van der Waals surface area contributed by atoms with E-state index in [1.165, 1.54) is 11.3 Å². The van der Waals surface area contributed by atoms with E-state index in [2.05, 4.69) is 36.1 Å². The molecule has 3 rings (SSSR count). The topological polar surface area (TPSA) is 76.0 Å². The SMILES string of the molecule is CCn1c(CNC(=O)C(C)NC(=O)c2ccc(Br)s2)nc2ccccc21. The number of halogens is 1. The third-order valence-corrected chi connectivity index (χ3v) is 5.63. The van der Waals surface area contributed by atoms with Crippen LogP contribution in [0.25, 0.3) is 11.0 Å². The molecule has 0 saturated carbocycles. The van der Waals surface area contributed by atoms with Crippen molar-refractivity contribution in [3.05, 3.63) is 50.9 Å². The Morgan fingerprint density at radius 3 is 2.73 bits per heavy atom. The number of imidazole rings is 1. The Bertz CT molecular complexity index is 950. The summed E-state index contributed by atoms with van der Waals surface area (Å²) in [7, 11) is 0. The number of rotatable bonds is 6. The van der Waals surface area contributed by atoms with Crippen LogP contribution >= 0.6 is 27.3 Å². The number of amides is 2. The first-order valence-corrected chi connectivity index (χ1v) is 9.88. The highest BCUT2D eigenvalue weighted by molar-refractivity contribution is 9.11. The summed E-state index contributed by atoms with van der Waals surface area (Å²) in [5.74, 6) is 0.288. The molecule has 0 radical (unpaired) electrons. The van der Waals surface area contributed by atoms with Crippen molar-refractivity contribution in [1.82, 2.24) is 20.2 Å². The van der Waals surface area contributed by atoms with Crippen molar-refractivity contribution >= 4 is 50.1 Å². The van der Waals surface area contributed by atoms with E-state index in [1.807, 2.05) is 31.2 Å². The van der Waals surface area contributed by atoms with Crippen LogP contribution in [0.15, 0.2) is 40.2 Å². The summed E-state index contributed by atoms with van der Waals surface area (Å²) >= 11 is 4.65. The second-order valence-electron chi connectivity index (χ2n) is 5.78. The molecular weight excluding hydrogens is 416 g/mol. The van der Waals surface area contributed by atoms with Gasteiger partial charge >= 0.3 is 0 Å². The highest BCUT2D eigenvalue weighted by Crippen LogP contribution is 2.22. The molecule has 0 fully saturated rings. The van der Waals surface area contributed by atoms with Crippen molar-refractivity contribution in [3.8, 4) is 0 Å². The smallest absolute Gasteiger partial charge is 0.262 e. The number of fused-ring (bicyclic) bond motifs is 1. The van der Waals surface area contributed by atoms with Gasteiger partial charge in [-0.05, 0) is 54.0 Å². The van der Waals surface area contributed by atoms with Gasteiger partial charge in [-0.25, -0.2) is 4.98 Å². The van der Waals surface area contributed by atoms with Crippen LogP contribution in [-0.2, 0) is 17.9 Å². The molecule has 1 atom stereocenters. The lowest BCUT2D eigenvalue weighted by atomic mass is 10.3. The number of para-hydroxylation sites is 2. The van der Waals surface area contributed by atoms with Gasteiger partial charge in [-0.1, -0.05) is 12.1 Å². The third-order valence-electron chi connectivity index (χ3n) is 4.01. The molecule has 26 heavy (non-hydrogen) atoms. The number of aryl methyl sites for hydroxylation is 1. The maximum atomic E-state index is 12.3. The molecule has 6 nitrogen and oxygen atoms in total. The van der Waals surface area contributed by atoms with Gasteiger partial charge in [0.15, 0.2) is 0 Å². The number of carbonyl (C=O) groups is 2. The van der Waals surface area contributed by atoms with Crippen LogP contribution in [0.3, 0.4) is 0 Å². The van der Waals surface area contributed by atoms with Crippen molar-refractivity contribution in [2.45, 2.75) is 33.0 Å². The number of aromatic nitrogens is 2. The second kappa shape index (κ2) is 8.01. The summed E-state index contributed by atoms with van der Waals surface area (Å²) in [6.07, 6.45) is 0. The zero-order valence-corrected chi connectivity index (χ0v) is 16.9. The van der Waals surface area contributed by atoms with Crippen molar-refractivity contribution in [1.29, 1.82) is 0 Å². The van der Waals surface area contributed by atoms with Gasteiger partial charge in [0.2, 0.25) is 5.91 Å². The average molecular weight is 435 g/mol. The van der Waals surface area contributed by atoms with Gasteiger partial charge in [0.1, 0.15) is 11.9 Å². The van der Waals surface area contributed by atoms with Crippen LogP contribution in [-0.4, -0.2) is 27.4 Å². The van der Waals surface area contributed by atoms with Crippen LogP contribution in [0.4, 0.5) is 0 Å². The summed E-state index contributed by atoms with van der Waals surface area (Å²) < 4.78 is 2.94. The summed E-state index contributed by atoms with van der Waals surface area (Å²) in [6, 6.07) is 10.8. The number of hydrogen-bond acceptors (Lipinski definition) is 4. The largest absolute Gasteiger partial charge is 0.347 e. The molecule has 2 amide bonds. The zero-order chi connectivity index (χ0) is 18.7. The lowest BCUT2D eigenvalue weighted by Crippen LogP contribution is -2.44. The molecular formula is C18H19BrN4O2S. The van der Waals surface area contributed by atoms with Gasteiger partial charge in [0.05, 0.1) is 26.2 Å². The van der Waals surface area contributed by atoms with E-state index in [-0.39, 0.29) is 11.8 Å². The minimum absolute atomic E-state index is 0.247. The van der Waals surface area contributed by atoms with Crippen molar-refractivity contribution in [2.75, 3.05) is 0 Å². The fourth-order valence-corrected chi connectivity index (χ4v) is 3.99. The lowest BCUT2D eigenvalue weighted by Gasteiger charge is -2.14. The van der Waals surface area contributed by atoms with Crippen LogP contribution in [0.1, 0.15) is 29.3 Å². The molecule has 3 aromatic rings. The van der Waals surface area contributed by atoms with Gasteiger partial charge in [0.25, 0.3) is 5.91 Å². The van der Waals surface area contributed by atoms with Crippen LogP contribution in [0.2, 0.25) is 0 Å². The summed E-state index contributed by atoms with van der Waals surface area (Å²) in [6.45, 7) is 4.79. The van der Waals surface area contributed by atoms with Gasteiger partial charge in [-0.2, -0.15) is 0 Å². The quantitative estimate of drug-likeness (QED) is 0.624. The zero-order valence-electron chi connectivity index (χ0n) is 14.5. The maximum Gasteiger partial charge on any atom is 0.262 e. The molecule has 2 heterocycles. The summed E-state index contributed by atoms with van der Waals surface area (Å²) in [5, 5.41) is 5.57. The Kier molecular flexibility index (Phi) is 5.73. The molecule has 8 heteroatoms. The van der Waals surface area contributed by atoms with E-state index >= 15 is 0 Å². The van der Waals surface area contributed by atoms with Crippen LogP contribution < -0.4 is 10.6 Å². The molecule has 0 bridgehead atoms. The van der Waals surface area contributed by atoms with Crippen LogP contribution in [0.5, 0.6) is 0 Å². The molecule has 0 aliphatic rings. The first-order valence-electron chi connectivity index (χ1n) is 8.27. The molecule has 136 valence electrons. The number of thiophene rings is 1. The first kappa shape index (κ1) is 18.6. The minimum atomic E-state index is -0.636. The molecule has 1 unspecified atom stereocenters. The predicted octanol–water partition coefficient (Wildman–Crippen LogP) is 3.31. The molecule has 2 aromatic heterocycles. The van der Waals surface area contributed by atoms with Crippen molar-refractivity contribution < 1.29 is 9.59 Å². The van der Waals surface area contributed by atoms with E-state index in [1.54, 1.807) is 19.1 Å². The third kappa shape index (κ3) is 3.96. The van der Waals surface area contributed by atoms with Gasteiger partial charge < -0.3 is 15.2 Å². The monoisotopic (exact) mass is 434 g/mol. The van der Waals surface area contributed by atoms with Crippen molar-refractivity contribution in [3.63, 3.8) is 0 Å². The average Bonchev–Trinajstić information content (AvgIpc) is 3.22. The van der Waals surface area contributed by atoms with E-state index in [4.69, 9.17) is 0 Å². The Balaban J connectivity index is 1.62. The number of carbonyl (C=O) groups excluding carboxylic acids is 2. The highest BCUT2D eigenvalue weighted by Gasteiger charge is 2.18. The minimum Gasteiger partial charge on any atom is -0.347 e. The molecule has 0 saturated heterocycles. The Morgan fingerprint density at radius 2 is 2.04 bits per heavy atom. The van der Waals surface area contributed by atoms with E-state index in [9.17, 15) is 9.59 Å². The normalized spacial score (nSPS) is 12.1. The fourth-order valence-electron chi connectivity index (χ4n) is 2.70. The Morgan fingerprint density at radius 1 is 1.27 bits per heavy atom. The number of hydrogen-bond donors (Lipinski definition) is 2. The van der Waals surface area contributed by atoms with E-state index < -0.39 is 6.04 Å². The van der Waals surface area contributed by atoms with Gasteiger partial charge in [-0.3, -0.25) is 9.59 Å². The molecule has 2 N–H and O–H groups in total. The summed E-state index contributed by atoms with van der Waals surface area (Å²) in [4.78, 5) is 29.6.